The Labute approximate surface area is 95.6 Å². The zero-order chi connectivity index (χ0) is 12.0. The van der Waals surface area contributed by atoms with E-state index in [1.54, 1.807) is 19.2 Å². The number of hydrogen-bond donors (Lipinski definition) is 2. The molecule has 0 spiro atoms. The maximum Gasteiger partial charge on any atom is 0.128 e. The highest BCUT2D eigenvalue weighted by Gasteiger charge is 2.12. The summed E-state index contributed by atoms with van der Waals surface area (Å²) < 4.78 is 18.5. The van der Waals surface area contributed by atoms with Crippen molar-refractivity contribution in [1.82, 2.24) is 0 Å². The van der Waals surface area contributed by atoms with E-state index < -0.39 is 0 Å². The van der Waals surface area contributed by atoms with E-state index in [-0.39, 0.29) is 11.9 Å². The largest absolute Gasteiger partial charge is 0.497 e. The first-order chi connectivity index (χ1) is 7.69. The molecule has 0 saturated carbocycles. The van der Waals surface area contributed by atoms with Crippen LogP contribution in [0.4, 0.5) is 4.39 Å². The van der Waals surface area contributed by atoms with Gasteiger partial charge in [-0.2, -0.15) is 0 Å². The molecule has 90 valence electrons. The Morgan fingerprint density at radius 2 is 2.12 bits per heavy atom. The molecule has 4 N–H and O–H groups in total. The van der Waals surface area contributed by atoms with Crippen LogP contribution >= 0.6 is 0 Å². The average molecular weight is 226 g/mol. The first-order valence-electron chi connectivity index (χ1n) is 5.48. The summed E-state index contributed by atoms with van der Waals surface area (Å²) in [5.74, 6) is 0.353. The van der Waals surface area contributed by atoms with Crippen molar-refractivity contribution in [2.45, 2.75) is 25.3 Å². The van der Waals surface area contributed by atoms with Crippen molar-refractivity contribution in [2.24, 2.45) is 11.5 Å². The van der Waals surface area contributed by atoms with Crippen molar-refractivity contribution < 1.29 is 9.13 Å². The van der Waals surface area contributed by atoms with E-state index >= 15 is 0 Å². The fourth-order valence-corrected chi connectivity index (χ4v) is 1.60. The number of rotatable bonds is 6. The molecular weight excluding hydrogens is 207 g/mol. The van der Waals surface area contributed by atoms with Crippen LogP contribution in [0.1, 0.15) is 30.9 Å². The van der Waals surface area contributed by atoms with Gasteiger partial charge in [-0.05, 0) is 37.6 Å². The minimum Gasteiger partial charge on any atom is -0.497 e. The lowest BCUT2D eigenvalue weighted by Crippen LogP contribution is -2.13. The van der Waals surface area contributed by atoms with Crippen molar-refractivity contribution in [3.05, 3.63) is 29.6 Å². The summed E-state index contributed by atoms with van der Waals surface area (Å²) in [4.78, 5) is 0. The number of halogens is 1. The predicted octanol–water partition coefficient (Wildman–Crippen LogP) is 1.96. The van der Waals surface area contributed by atoms with Gasteiger partial charge in [-0.1, -0.05) is 6.42 Å². The lowest BCUT2D eigenvalue weighted by Gasteiger charge is -2.13. The molecular formula is C12H19FN2O. The minimum absolute atomic E-state index is 0.277. The molecule has 0 saturated heterocycles. The Balaban J connectivity index is 2.69. The molecule has 0 fully saturated rings. The molecule has 1 aromatic rings. The molecule has 0 aromatic heterocycles. The maximum absolute atomic E-state index is 13.5. The molecule has 1 atom stereocenters. The predicted molar refractivity (Wildman–Crippen MR) is 62.8 cm³/mol. The Bertz CT molecular complexity index is 331. The summed E-state index contributed by atoms with van der Waals surface area (Å²) >= 11 is 0. The average Bonchev–Trinajstić information content (AvgIpc) is 2.30. The number of hydrogen-bond acceptors (Lipinski definition) is 3. The summed E-state index contributed by atoms with van der Waals surface area (Å²) in [6, 6.07) is 4.34. The van der Waals surface area contributed by atoms with E-state index in [0.29, 0.717) is 17.9 Å². The van der Waals surface area contributed by atoms with E-state index in [4.69, 9.17) is 16.2 Å². The standard InChI is InChI=1S/C12H19FN2O/c1-16-9-5-6-11(13)10(8-9)12(15)4-2-3-7-14/h5-6,8,12H,2-4,7,14-15H2,1H3/t12-/m0/s1. The fraction of sp³-hybridized carbons (Fsp3) is 0.500. The second kappa shape index (κ2) is 6.45. The van der Waals surface area contributed by atoms with Gasteiger partial charge in [0.15, 0.2) is 0 Å². The molecule has 0 unspecified atom stereocenters. The van der Waals surface area contributed by atoms with Crippen molar-refractivity contribution in [2.75, 3.05) is 13.7 Å². The van der Waals surface area contributed by atoms with Crippen LogP contribution in [0, 0.1) is 5.82 Å². The van der Waals surface area contributed by atoms with Crippen LogP contribution < -0.4 is 16.2 Å². The minimum atomic E-state index is -0.290. The third-order valence-corrected chi connectivity index (χ3v) is 2.57. The van der Waals surface area contributed by atoms with E-state index in [0.717, 1.165) is 19.3 Å². The second-order valence-corrected chi connectivity index (χ2v) is 3.78. The van der Waals surface area contributed by atoms with Gasteiger partial charge in [-0.15, -0.1) is 0 Å². The van der Waals surface area contributed by atoms with E-state index in [1.165, 1.54) is 6.07 Å². The molecule has 1 rings (SSSR count). The summed E-state index contributed by atoms with van der Waals surface area (Å²) in [7, 11) is 1.55. The first-order valence-corrected chi connectivity index (χ1v) is 5.48. The normalized spacial score (nSPS) is 12.5. The molecule has 16 heavy (non-hydrogen) atoms. The second-order valence-electron chi connectivity index (χ2n) is 3.78. The Kier molecular flexibility index (Phi) is 5.22. The van der Waals surface area contributed by atoms with Crippen LogP contribution in [0.3, 0.4) is 0 Å². The molecule has 0 heterocycles. The van der Waals surface area contributed by atoms with Crippen LogP contribution in [0.5, 0.6) is 5.75 Å². The van der Waals surface area contributed by atoms with Crippen LogP contribution in [0.25, 0.3) is 0 Å². The fourth-order valence-electron chi connectivity index (χ4n) is 1.60. The Hall–Kier alpha value is -1.13. The van der Waals surface area contributed by atoms with Gasteiger partial charge in [0.25, 0.3) is 0 Å². The summed E-state index contributed by atoms with van der Waals surface area (Å²) in [6.45, 7) is 0.646. The van der Waals surface area contributed by atoms with Crippen molar-refractivity contribution in [3.8, 4) is 5.75 Å². The third kappa shape index (κ3) is 3.47. The van der Waals surface area contributed by atoms with Crippen LogP contribution in [-0.4, -0.2) is 13.7 Å². The number of ether oxygens (including phenoxy) is 1. The maximum atomic E-state index is 13.5. The lowest BCUT2D eigenvalue weighted by molar-refractivity contribution is 0.411. The molecule has 3 nitrogen and oxygen atoms in total. The summed E-state index contributed by atoms with van der Waals surface area (Å²) in [6.07, 6.45) is 2.56. The van der Waals surface area contributed by atoms with Crippen molar-refractivity contribution in [3.63, 3.8) is 0 Å². The summed E-state index contributed by atoms with van der Waals surface area (Å²) in [5.41, 5.74) is 11.8. The van der Waals surface area contributed by atoms with Crippen LogP contribution in [0.15, 0.2) is 18.2 Å². The van der Waals surface area contributed by atoms with Gasteiger partial charge < -0.3 is 16.2 Å². The third-order valence-electron chi connectivity index (χ3n) is 2.57. The topological polar surface area (TPSA) is 61.3 Å². The highest BCUT2D eigenvalue weighted by atomic mass is 19.1. The molecule has 1 aromatic carbocycles. The highest BCUT2D eigenvalue weighted by molar-refractivity contribution is 5.31. The number of methoxy groups -OCH3 is 1. The molecule has 0 bridgehead atoms. The lowest BCUT2D eigenvalue weighted by atomic mass is 10.0. The Morgan fingerprint density at radius 1 is 1.38 bits per heavy atom. The molecule has 0 radical (unpaired) electrons. The van der Waals surface area contributed by atoms with E-state index in [2.05, 4.69) is 0 Å². The van der Waals surface area contributed by atoms with Gasteiger partial charge in [0.2, 0.25) is 0 Å². The first kappa shape index (κ1) is 12.9. The smallest absolute Gasteiger partial charge is 0.128 e. The number of unbranched alkanes of at least 4 members (excludes halogenated alkanes) is 1. The van der Waals surface area contributed by atoms with Gasteiger partial charge in [-0.25, -0.2) is 4.39 Å². The van der Waals surface area contributed by atoms with Crippen LogP contribution in [0.2, 0.25) is 0 Å². The molecule has 0 amide bonds. The molecule has 4 heteroatoms. The number of benzene rings is 1. The number of nitrogens with two attached hydrogens (primary N) is 2. The zero-order valence-corrected chi connectivity index (χ0v) is 9.58. The van der Waals surface area contributed by atoms with Gasteiger partial charge in [0.05, 0.1) is 7.11 Å². The quantitative estimate of drug-likeness (QED) is 0.729. The molecule has 0 aliphatic rings. The highest BCUT2D eigenvalue weighted by Crippen LogP contribution is 2.24. The molecule has 0 aliphatic carbocycles. The van der Waals surface area contributed by atoms with Crippen molar-refractivity contribution in [1.29, 1.82) is 0 Å². The SMILES string of the molecule is COc1ccc(F)c([C@@H](N)CCCCN)c1. The van der Waals surface area contributed by atoms with Gasteiger partial charge in [0, 0.05) is 11.6 Å². The van der Waals surface area contributed by atoms with E-state index in [9.17, 15) is 4.39 Å². The zero-order valence-electron chi connectivity index (χ0n) is 9.58. The van der Waals surface area contributed by atoms with Gasteiger partial charge >= 0.3 is 0 Å². The van der Waals surface area contributed by atoms with Crippen molar-refractivity contribution >= 4 is 0 Å². The van der Waals surface area contributed by atoms with Gasteiger partial charge in [0.1, 0.15) is 11.6 Å². The molecule has 0 aliphatic heterocycles. The van der Waals surface area contributed by atoms with E-state index in [1.807, 2.05) is 0 Å². The summed E-state index contributed by atoms with van der Waals surface area (Å²) in [5, 5.41) is 0. The monoisotopic (exact) mass is 226 g/mol. The van der Waals surface area contributed by atoms with Crippen LogP contribution in [-0.2, 0) is 0 Å². The Morgan fingerprint density at radius 3 is 2.75 bits per heavy atom. The van der Waals surface area contributed by atoms with Gasteiger partial charge in [-0.3, -0.25) is 0 Å².